The van der Waals surface area contributed by atoms with E-state index in [2.05, 4.69) is 4.98 Å². The first kappa shape index (κ1) is 24.1. The highest BCUT2D eigenvalue weighted by atomic mass is 32.2. The van der Waals surface area contributed by atoms with Gasteiger partial charge in [0.25, 0.3) is 5.56 Å². The van der Waals surface area contributed by atoms with Crippen LogP contribution < -0.4 is 21.9 Å². The Labute approximate surface area is 177 Å². The van der Waals surface area contributed by atoms with E-state index in [1.54, 1.807) is 0 Å². The molecule has 1 atom stereocenters. The number of unbranched alkanes of at least 4 members (excludes halogenated alkanes) is 3. The van der Waals surface area contributed by atoms with Gasteiger partial charge in [-0.05, 0) is 25.7 Å². The van der Waals surface area contributed by atoms with E-state index in [4.69, 9.17) is 5.73 Å². The molecule has 1 saturated heterocycles. The zero-order valence-corrected chi connectivity index (χ0v) is 18.8. The molecule has 0 aromatic carbocycles. The van der Waals surface area contributed by atoms with Crippen molar-refractivity contribution in [3.05, 3.63) is 20.8 Å². The molecule has 1 aromatic rings. The SMILES string of the molecule is CCCCCN(C(=O)[C@@H]1CCCN1S(C)(=O)=O)c1c(N)n(CCCC)c(=O)[nH]c1=O. The van der Waals surface area contributed by atoms with Gasteiger partial charge in [0.2, 0.25) is 15.9 Å². The molecule has 170 valence electrons. The van der Waals surface area contributed by atoms with Crippen LogP contribution in [0.3, 0.4) is 0 Å². The van der Waals surface area contributed by atoms with Gasteiger partial charge >= 0.3 is 5.69 Å². The summed E-state index contributed by atoms with van der Waals surface area (Å²) in [7, 11) is -3.57. The molecule has 0 spiro atoms. The van der Waals surface area contributed by atoms with E-state index in [1.807, 2.05) is 13.8 Å². The maximum Gasteiger partial charge on any atom is 0.330 e. The fourth-order valence-corrected chi connectivity index (χ4v) is 4.91. The Kier molecular flexibility index (Phi) is 8.25. The largest absolute Gasteiger partial charge is 0.383 e. The summed E-state index contributed by atoms with van der Waals surface area (Å²) >= 11 is 0. The number of hydrogen-bond acceptors (Lipinski definition) is 6. The third-order valence-corrected chi connectivity index (χ3v) is 6.67. The average molecular weight is 444 g/mol. The maximum atomic E-state index is 13.4. The van der Waals surface area contributed by atoms with E-state index >= 15 is 0 Å². The molecule has 10 nitrogen and oxygen atoms in total. The van der Waals surface area contributed by atoms with Gasteiger partial charge in [0.15, 0.2) is 5.69 Å². The number of amides is 1. The molecule has 0 unspecified atom stereocenters. The Bertz CT molecular complexity index is 969. The van der Waals surface area contributed by atoms with Crippen molar-refractivity contribution in [1.29, 1.82) is 0 Å². The molecule has 2 heterocycles. The number of nitrogens with zero attached hydrogens (tertiary/aromatic N) is 3. The summed E-state index contributed by atoms with van der Waals surface area (Å²) in [5.41, 5.74) is 4.77. The number of anilines is 2. The Morgan fingerprint density at radius 2 is 1.87 bits per heavy atom. The third kappa shape index (κ3) is 5.31. The maximum absolute atomic E-state index is 13.4. The first-order valence-electron chi connectivity index (χ1n) is 10.5. The van der Waals surface area contributed by atoms with Gasteiger partial charge in [-0.3, -0.25) is 19.1 Å². The van der Waals surface area contributed by atoms with Gasteiger partial charge < -0.3 is 10.6 Å². The highest BCUT2D eigenvalue weighted by Gasteiger charge is 2.40. The first-order chi connectivity index (χ1) is 14.1. The van der Waals surface area contributed by atoms with Crippen molar-refractivity contribution in [2.75, 3.05) is 30.0 Å². The predicted octanol–water partition coefficient (Wildman–Crippen LogP) is 0.866. The monoisotopic (exact) mass is 443 g/mol. The molecule has 2 rings (SSSR count). The molecule has 1 aliphatic rings. The van der Waals surface area contributed by atoms with Gasteiger partial charge in [-0.1, -0.05) is 33.1 Å². The normalized spacial score (nSPS) is 17.4. The Morgan fingerprint density at radius 3 is 2.47 bits per heavy atom. The van der Waals surface area contributed by atoms with Crippen molar-refractivity contribution >= 4 is 27.4 Å². The number of nitrogen functional groups attached to an aromatic ring is 1. The molecule has 1 amide bonds. The lowest BCUT2D eigenvalue weighted by atomic mass is 10.1. The fraction of sp³-hybridized carbons (Fsp3) is 0.737. The summed E-state index contributed by atoms with van der Waals surface area (Å²) in [4.78, 5) is 41.9. The molecular weight excluding hydrogens is 410 g/mol. The molecule has 0 aliphatic carbocycles. The van der Waals surface area contributed by atoms with Gasteiger partial charge in [-0.2, -0.15) is 4.31 Å². The zero-order valence-electron chi connectivity index (χ0n) is 18.0. The molecule has 1 aromatic heterocycles. The molecule has 0 radical (unpaired) electrons. The summed E-state index contributed by atoms with van der Waals surface area (Å²) in [6.07, 6.45) is 5.89. The van der Waals surface area contributed by atoms with Crippen LogP contribution in [0.4, 0.5) is 11.5 Å². The zero-order chi connectivity index (χ0) is 22.5. The van der Waals surface area contributed by atoms with Crippen LogP contribution in [0, 0.1) is 0 Å². The number of H-pyrrole nitrogens is 1. The first-order valence-corrected chi connectivity index (χ1v) is 12.4. The lowest BCUT2D eigenvalue weighted by molar-refractivity contribution is -0.121. The highest BCUT2D eigenvalue weighted by Crippen LogP contribution is 2.26. The molecule has 3 N–H and O–H groups in total. The van der Waals surface area contributed by atoms with Crippen molar-refractivity contribution in [3.8, 4) is 0 Å². The standard InChI is InChI=1S/C19H33N5O5S/c1-4-6-8-12-22(18(26)14-10-9-13-24(14)30(3,28)29)15-16(20)23(11-7-5-2)19(27)21-17(15)25/h14H,4-13,20H2,1-3H3,(H,21,25,27)/t14-/m0/s1. The molecule has 1 aliphatic heterocycles. The summed E-state index contributed by atoms with van der Waals surface area (Å²) in [6, 6.07) is -0.878. The van der Waals surface area contributed by atoms with Gasteiger partial charge in [0.05, 0.1) is 6.26 Å². The van der Waals surface area contributed by atoms with Crippen LogP contribution >= 0.6 is 0 Å². The third-order valence-electron chi connectivity index (χ3n) is 5.39. The van der Waals surface area contributed by atoms with Gasteiger partial charge in [-0.25, -0.2) is 13.2 Å². The molecule has 1 fully saturated rings. The van der Waals surface area contributed by atoms with Crippen molar-refractivity contribution in [2.24, 2.45) is 0 Å². The van der Waals surface area contributed by atoms with E-state index in [0.29, 0.717) is 32.2 Å². The lowest BCUT2D eigenvalue weighted by Crippen LogP contribution is -2.50. The summed E-state index contributed by atoms with van der Waals surface area (Å²) < 4.78 is 26.7. The molecule has 0 saturated carbocycles. The summed E-state index contributed by atoms with van der Waals surface area (Å²) in [5.74, 6) is -0.544. The van der Waals surface area contributed by atoms with Crippen molar-refractivity contribution < 1.29 is 13.2 Å². The topological polar surface area (TPSA) is 139 Å². The van der Waals surface area contributed by atoms with Crippen LogP contribution in [-0.4, -0.2) is 53.6 Å². The highest BCUT2D eigenvalue weighted by molar-refractivity contribution is 7.88. The van der Waals surface area contributed by atoms with Crippen LogP contribution in [0.25, 0.3) is 0 Å². The van der Waals surface area contributed by atoms with Crippen molar-refractivity contribution in [2.45, 2.75) is 71.4 Å². The summed E-state index contributed by atoms with van der Waals surface area (Å²) in [6.45, 7) is 4.79. The van der Waals surface area contributed by atoms with Crippen LogP contribution in [0.1, 0.15) is 58.8 Å². The second-order valence-corrected chi connectivity index (χ2v) is 9.66. The van der Waals surface area contributed by atoms with Crippen molar-refractivity contribution in [3.63, 3.8) is 0 Å². The number of nitrogens with one attached hydrogen (secondary N) is 1. The predicted molar refractivity (Wildman–Crippen MR) is 117 cm³/mol. The minimum atomic E-state index is -3.57. The summed E-state index contributed by atoms with van der Waals surface area (Å²) in [5, 5.41) is 0. The smallest absolute Gasteiger partial charge is 0.330 e. The second kappa shape index (κ2) is 10.3. The van der Waals surface area contributed by atoms with Crippen molar-refractivity contribution in [1.82, 2.24) is 13.9 Å². The van der Waals surface area contributed by atoms with Crippen LogP contribution in [0.15, 0.2) is 9.59 Å². The van der Waals surface area contributed by atoms with E-state index in [0.717, 1.165) is 25.5 Å². The number of carbonyl (C=O) groups excluding carboxylic acids is 1. The fourth-order valence-electron chi connectivity index (χ4n) is 3.79. The van der Waals surface area contributed by atoms with Crippen LogP contribution in [0.2, 0.25) is 0 Å². The second-order valence-electron chi connectivity index (χ2n) is 7.73. The number of hydrogen-bond donors (Lipinski definition) is 2. The minimum Gasteiger partial charge on any atom is -0.383 e. The molecule has 0 bridgehead atoms. The number of aromatic amines is 1. The van der Waals surface area contributed by atoms with E-state index in [-0.39, 0.29) is 24.6 Å². The van der Waals surface area contributed by atoms with Gasteiger partial charge in [0, 0.05) is 19.6 Å². The Hall–Kier alpha value is -2.14. The quantitative estimate of drug-likeness (QED) is 0.514. The molecule has 30 heavy (non-hydrogen) atoms. The van der Waals surface area contributed by atoms with E-state index in [9.17, 15) is 22.8 Å². The number of nitrogens with two attached hydrogens (primary N) is 1. The number of aromatic nitrogens is 2. The van der Waals surface area contributed by atoms with Crippen LogP contribution in [-0.2, 0) is 21.4 Å². The average Bonchev–Trinajstić information content (AvgIpc) is 3.16. The van der Waals surface area contributed by atoms with Gasteiger partial charge in [-0.15, -0.1) is 0 Å². The van der Waals surface area contributed by atoms with Gasteiger partial charge in [0.1, 0.15) is 11.9 Å². The number of rotatable bonds is 10. The minimum absolute atomic E-state index is 0.0639. The Balaban J connectivity index is 2.53. The van der Waals surface area contributed by atoms with Crippen LogP contribution in [0.5, 0.6) is 0 Å². The molecular formula is C19H33N5O5S. The van der Waals surface area contributed by atoms with E-state index < -0.39 is 33.2 Å². The number of sulfonamides is 1. The van der Waals surface area contributed by atoms with E-state index in [1.165, 1.54) is 13.8 Å². The molecule has 11 heteroatoms. The lowest BCUT2D eigenvalue weighted by Gasteiger charge is -2.30. The number of carbonyl (C=O) groups is 1. The Morgan fingerprint density at radius 1 is 1.20 bits per heavy atom.